The van der Waals surface area contributed by atoms with Crippen LogP contribution in [0.1, 0.15) is 23.2 Å². The van der Waals surface area contributed by atoms with E-state index in [1.165, 1.54) is 17.3 Å². The molecule has 2 aromatic rings. The average Bonchev–Trinajstić information content (AvgIpc) is 3.38. The Morgan fingerprint density at radius 1 is 1.25 bits per heavy atom. The summed E-state index contributed by atoms with van der Waals surface area (Å²) in [5, 5.41) is 5.91. The zero-order chi connectivity index (χ0) is 22.2. The Labute approximate surface area is 183 Å². The average molecular weight is 442 g/mol. The lowest BCUT2D eigenvalue weighted by atomic mass is 10.0. The van der Waals surface area contributed by atoms with E-state index in [4.69, 9.17) is 9.47 Å². The van der Waals surface area contributed by atoms with Crippen molar-refractivity contribution in [2.45, 2.75) is 32.3 Å². The van der Waals surface area contributed by atoms with Gasteiger partial charge in [0.25, 0.3) is 11.8 Å². The molecule has 10 nitrogen and oxygen atoms in total. The van der Waals surface area contributed by atoms with Crippen LogP contribution in [0.4, 0.5) is 20.8 Å². The second-order valence-electron chi connectivity index (χ2n) is 8.25. The van der Waals surface area contributed by atoms with Crippen LogP contribution in [0, 0.1) is 18.7 Å². The summed E-state index contributed by atoms with van der Waals surface area (Å²) in [7, 11) is 0. The molecule has 0 aromatic carbocycles. The van der Waals surface area contributed by atoms with Crippen molar-refractivity contribution in [2.75, 3.05) is 36.5 Å². The maximum atomic E-state index is 14.0. The molecule has 1 aliphatic carbocycles. The summed E-state index contributed by atoms with van der Waals surface area (Å²) in [4.78, 5) is 37.6. The van der Waals surface area contributed by atoms with Crippen molar-refractivity contribution in [3.05, 3.63) is 35.0 Å². The number of fused-ring (bicyclic) bond motifs is 2. The zero-order valence-corrected chi connectivity index (χ0v) is 17.6. The molecule has 2 amide bonds. The molecule has 1 saturated heterocycles. The first-order valence-corrected chi connectivity index (χ1v) is 10.6. The minimum Gasteiger partial charge on any atom is -0.465 e. The Bertz CT molecular complexity index is 1050. The lowest BCUT2D eigenvalue weighted by Gasteiger charge is -2.18. The number of rotatable bonds is 6. The maximum Gasteiger partial charge on any atom is 0.416 e. The molecule has 4 heterocycles. The predicted molar refractivity (Wildman–Crippen MR) is 111 cm³/mol. The van der Waals surface area contributed by atoms with Crippen molar-refractivity contribution in [1.29, 1.82) is 0 Å². The van der Waals surface area contributed by atoms with E-state index in [2.05, 4.69) is 25.6 Å². The number of amides is 2. The van der Waals surface area contributed by atoms with Gasteiger partial charge in [0, 0.05) is 12.2 Å². The first-order chi connectivity index (χ1) is 15.5. The highest BCUT2D eigenvalue weighted by Gasteiger charge is 2.34. The van der Waals surface area contributed by atoms with Crippen LogP contribution in [0.15, 0.2) is 12.4 Å². The lowest BCUT2D eigenvalue weighted by molar-refractivity contribution is -0.118. The van der Waals surface area contributed by atoms with Crippen LogP contribution in [0.2, 0.25) is 0 Å². The monoisotopic (exact) mass is 442 g/mol. The molecule has 2 aliphatic heterocycles. The summed E-state index contributed by atoms with van der Waals surface area (Å²) in [5.41, 5.74) is 2.75. The molecule has 0 spiro atoms. The van der Waals surface area contributed by atoms with Crippen molar-refractivity contribution < 1.29 is 23.5 Å². The van der Waals surface area contributed by atoms with Crippen LogP contribution in [-0.2, 0) is 22.4 Å². The molecule has 0 radical (unpaired) electrons. The molecular weight excluding hydrogens is 419 g/mol. The third kappa shape index (κ3) is 3.95. The highest BCUT2D eigenvalue weighted by Crippen LogP contribution is 2.32. The number of nitrogens with one attached hydrogen (secondary N) is 2. The number of hydrogen-bond donors (Lipinski definition) is 2. The molecule has 2 atom stereocenters. The van der Waals surface area contributed by atoms with Gasteiger partial charge in [-0.1, -0.05) is 0 Å². The van der Waals surface area contributed by atoms with Gasteiger partial charge in [-0.25, -0.2) is 19.2 Å². The summed E-state index contributed by atoms with van der Waals surface area (Å²) in [6, 6.07) is 0. The highest BCUT2D eigenvalue weighted by molar-refractivity contribution is 5.94. The second kappa shape index (κ2) is 8.30. The Hall–Kier alpha value is -3.34. The Kier molecular flexibility index (Phi) is 5.33. The fourth-order valence-electron chi connectivity index (χ4n) is 4.39. The number of anilines is 2. The van der Waals surface area contributed by atoms with Gasteiger partial charge in [0.05, 0.1) is 18.9 Å². The fourth-order valence-corrected chi connectivity index (χ4v) is 4.39. The van der Waals surface area contributed by atoms with Crippen LogP contribution < -0.4 is 20.3 Å². The van der Waals surface area contributed by atoms with Crippen molar-refractivity contribution in [3.8, 4) is 5.88 Å². The van der Waals surface area contributed by atoms with E-state index >= 15 is 0 Å². The van der Waals surface area contributed by atoms with Gasteiger partial charge in [0.15, 0.2) is 18.2 Å². The predicted octanol–water partition coefficient (Wildman–Crippen LogP) is 1.37. The van der Waals surface area contributed by atoms with Gasteiger partial charge in [0.2, 0.25) is 0 Å². The topological polar surface area (TPSA) is 119 Å². The molecule has 168 valence electrons. The molecule has 2 aromatic heterocycles. The minimum absolute atomic E-state index is 0.112. The van der Waals surface area contributed by atoms with Gasteiger partial charge in [-0.2, -0.15) is 0 Å². The van der Waals surface area contributed by atoms with E-state index in [1.807, 2.05) is 6.92 Å². The van der Waals surface area contributed by atoms with E-state index < -0.39 is 6.09 Å². The van der Waals surface area contributed by atoms with Crippen molar-refractivity contribution in [1.82, 2.24) is 20.3 Å². The Balaban J connectivity index is 1.11. The minimum atomic E-state index is -0.515. The van der Waals surface area contributed by atoms with Crippen LogP contribution in [0.25, 0.3) is 0 Å². The molecule has 0 saturated carbocycles. The number of aromatic nitrogens is 3. The summed E-state index contributed by atoms with van der Waals surface area (Å²) in [6.07, 6.45) is 4.35. The van der Waals surface area contributed by atoms with Crippen molar-refractivity contribution in [2.24, 2.45) is 5.92 Å². The highest BCUT2D eigenvalue weighted by atomic mass is 19.1. The number of nitrogens with zero attached hydrogens (tertiary/aromatic N) is 4. The van der Waals surface area contributed by atoms with Crippen LogP contribution in [-0.4, -0.2) is 59.3 Å². The van der Waals surface area contributed by atoms with Crippen LogP contribution >= 0.6 is 0 Å². The summed E-state index contributed by atoms with van der Waals surface area (Å²) in [5.74, 6) is 0.536. The number of carbonyl (C=O) groups excluding carboxylic acids is 2. The van der Waals surface area contributed by atoms with E-state index in [0.717, 1.165) is 42.6 Å². The quantitative estimate of drug-likeness (QED) is 0.644. The third-order valence-corrected chi connectivity index (χ3v) is 6.02. The summed E-state index contributed by atoms with van der Waals surface area (Å²) < 4.78 is 24.6. The molecule has 2 N–H and O–H groups in total. The normalized spacial score (nSPS) is 21.6. The molecule has 1 fully saturated rings. The van der Waals surface area contributed by atoms with Crippen molar-refractivity contribution >= 4 is 23.6 Å². The first-order valence-electron chi connectivity index (χ1n) is 10.6. The smallest absolute Gasteiger partial charge is 0.416 e. The number of halogens is 1. The van der Waals surface area contributed by atoms with Crippen LogP contribution in [0.3, 0.4) is 0 Å². The number of ether oxygens (including phenoxy) is 2. The maximum absolute atomic E-state index is 14.0. The standard InChI is InChI=1S/C21H23FN6O4/c1-11-14-4-12(5-15(14)16(22)7-24-11)2-3-23-6-13-9-28(21(30)32-13)17-8-25-20-19(26-17)27-18(29)10-31-20/h7-8,12-13,23H,2-6,9-10H2,1H3,(H,26,27,29). The molecular formula is C21H23FN6O4. The fraction of sp³-hybridized carbons (Fsp3) is 0.476. The third-order valence-electron chi connectivity index (χ3n) is 6.02. The van der Waals surface area contributed by atoms with Gasteiger partial charge in [-0.15, -0.1) is 0 Å². The van der Waals surface area contributed by atoms with Crippen molar-refractivity contribution in [3.63, 3.8) is 0 Å². The molecule has 2 unspecified atom stereocenters. The zero-order valence-electron chi connectivity index (χ0n) is 17.6. The number of cyclic esters (lactones) is 1. The molecule has 11 heteroatoms. The van der Waals surface area contributed by atoms with Gasteiger partial charge in [-0.3, -0.25) is 14.7 Å². The molecule has 3 aliphatic rings. The van der Waals surface area contributed by atoms with E-state index in [0.29, 0.717) is 19.0 Å². The van der Waals surface area contributed by atoms with Gasteiger partial charge in [-0.05, 0) is 49.8 Å². The van der Waals surface area contributed by atoms with Gasteiger partial charge >= 0.3 is 6.09 Å². The van der Waals surface area contributed by atoms with Gasteiger partial charge < -0.3 is 20.1 Å². The second-order valence-corrected chi connectivity index (χ2v) is 8.25. The molecule has 0 bridgehead atoms. The SMILES string of the molecule is Cc1ncc(F)c2c1CC(CCNCC1CN(c3cnc4c(n3)NC(=O)CO4)C(=O)O1)C2. The first kappa shape index (κ1) is 20.6. The van der Waals surface area contributed by atoms with Crippen LogP contribution in [0.5, 0.6) is 5.88 Å². The van der Waals surface area contributed by atoms with E-state index in [1.54, 1.807) is 0 Å². The van der Waals surface area contributed by atoms with Gasteiger partial charge in [0.1, 0.15) is 11.9 Å². The number of carbonyl (C=O) groups is 2. The summed E-state index contributed by atoms with van der Waals surface area (Å²) in [6.45, 7) is 3.36. The Morgan fingerprint density at radius 3 is 2.94 bits per heavy atom. The Morgan fingerprint density at radius 2 is 2.09 bits per heavy atom. The largest absolute Gasteiger partial charge is 0.465 e. The number of pyridine rings is 1. The molecule has 32 heavy (non-hydrogen) atoms. The number of hydrogen-bond acceptors (Lipinski definition) is 8. The lowest BCUT2D eigenvalue weighted by Crippen LogP contribution is -2.32. The van der Waals surface area contributed by atoms with E-state index in [9.17, 15) is 14.0 Å². The van der Waals surface area contributed by atoms with E-state index in [-0.39, 0.29) is 42.0 Å². The number of aryl methyl sites for hydroxylation is 1. The molecule has 5 rings (SSSR count). The summed E-state index contributed by atoms with van der Waals surface area (Å²) >= 11 is 0.